The van der Waals surface area contributed by atoms with Crippen LogP contribution in [-0.4, -0.2) is 42.6 Å². The van der Waals surface area contributed by atoms with Crippen LogP contribution in [0.4, 0.5) is 4.79 Å². The molecule has 0 radical (unpaired) electrons. The van der Waals surface area contributed by atoms with Gasteiger partial charge in [-0.25, -0.2) is 4.79 Å². The summed E-state index contributed by atoms with van der Waals surface area (Å²) in [6, 6.07) is 8.19. The van der Waals surface area contributed by atoms with Crippen LogP contribution < -0.4 is 5.32 Å². The number of benzene rings is 1. The summed E-state index contributed by atoms with van der Waals surface area (Å²) in [5, 5.41) is 3.15. The molecule has 0 aromatic heterocycles. The Morgan fingerprint density at radius 2 is 1.79 bits per heavy atom. The third-order valence-electron chi connectivity index (χ3n) is 4.70. The summed E-state index contributed by atoms with van der Waals surface area (Å²) in [4.78, 5) is 26.1. The fraction of sp³-hybridized carbons (Fsp3) is 0.579. The summed E-state index contributed by atoms with van der Waals surface area (Å²) in [5.41, 5.74) is 1.61. The third-order valence-corrected chi connectivity index (χ3v) is 4.70. The van der Waals surface area contributed by atoms with Crippen LogP contribution in [0.25, 0.3) is 0 Å². The molecule has 1 aliphatic heterocycles. The lowest BCUT2D eigenvalue weighted by Gasteiger charge is -2.34. The van der Waals surface area contributed by atoms with E-state index in [-0.39, 0.29) is 18.0 Å². The number of rotatable bonds is 4. The SMILES string of the molecule is CCOC(=O)N1CCC(NC(=O)C(C)(C)c2ccc(C)cc2)CC1. The zero-order valence-electron chi connectivity index (χ0n) is 15.1. The van der Waals surface area contributed by atoms with Crippen LogP contribution in [0.2, 0.25) is 0 Å². The quantitative estimate of drug-likeness (QED) is 0.922. The van der Waals surface area contributed by atoms with E-state index in [4.69, 9.17) is 4.74 Å². The van der Waals surface area contributed by atoms with Crippen molar-refractivity contribution < 1.29 is 14.3 Å². The van der Waals surface area contributed by atoms with Crippen LogP contribution >= 0.6 is 0 Å². The molecule has 0 saturated carbocycles. The summed E-state index contributed by atoms with van der Waals surface area (Å²) < 4.78 is 5.02. The van der Waals surface area contributed by atoms with Gasteiger partial charge in [0.15, 0.2) is 0 Å². The Balaban J connectivity index is 1.91. The van der Waals surface area contributed by atoms with E-state index in [0.29, 0.717) is 19.7 Å². The van der Waals surface area contributed by atoms with Gasteiger partial charge in [-0.05, 0) is 46.1 Å². The highest BCUT2D eigenvalue weighted by Gasteiger charge is 2.32. The van der Waals surface area contributed by atoms with Gasteiger partial charge in [0.2, 0.25) is 5.91 Å². The number of nitrogens with zero attached hydrogens (tertiary/aromatic N) is 1. The van der Waals surface area contributed by atoms with Gasteiger partial charge >= 0.3 is 6.09 Å². The van der Waals surface area contributed by atoms with Gasteiger partial charge in [-0.2, -0.15) is 0 Å². The Morgan fingerprint density at radius 3 is 2.33 bits per heavy atom. The van der Waals surface area contributed by atoms with E-state index in [9.17, 15) is 9.59 Å². The fourth-order valence-electron chi connectivity index (χ4n) is 2.89. The zero-order chi connectivity index (χ0) is 17.7. The lowest BCUT2D eigenvalue weighted by molar-refractivity contribution is -0.126. The van der Waals surface area contributed by atoms with Crippen LogP contribution in [0.5, 0.6) is 0 Å². The van der Waals surface area contributed by atoms with Crippen molar-refractivity contribution in [3.8, 4) is 0 Å². The number of hydrogen-bond acceptors (Lipinski definition) is 3. The smallest absolute Gasteiger partial charge is 0.409 e. The molecule has 1 aliphatic rings. The normalized spacial score (nSPS) is 15.9. The topological polar surface area (TPSA) is 58.6 Å². The number of hydrogen-bond donors (Lipinski definition) is 1. The van der Waals surface area contributed by atoms with Gasteiger partial charge in [-0.3, -0.25) is 4.79 Å². The standard InChI is InChI=1S/C19H28N2O3/c1-5-24-18(23)21-12-10-16(11-13-21)20-17(22)19(3,4)15-8-6-14(2)7-9-15/h6-9,16H,5,10-13H2,1-4H3,(H,20,22). The van der Waals surface area contributed by atoms with Crippen molar-refractivity contribution in [2.24, 2.45) is 0 Å². The van der Waals surface area contributed by atoms with Gasteiger partial charge in [0.05, 0.1) is 12.0 Å². The number of likely N-dealkylation sites (tertiary alicyclic amines) is 1. The average molecular weight is 332 g/mol. The van der Waals surface area contributed by atoms with E-state index in [1.807, 2.05) is 45.0 Å². The van der Waals surface area contributed by atoms with Crippen molar-refractivity contribution in [2.45, 2.75) is 52.0 Å². The lowest BCUT2D eigenvalue weighted by atomic mass is 9.83. The minimum absolute atomic E-state index is 0.0286. The maximum Gasteiger partial charge on any atom is 0.409 e. The molecular formula is C19H28N2O3. The highest BCUT2D eigenvalue weighted by molar-refractivity contribution is 5.87. The summed E-state index contributed by atoms with van der Waals surface area (Å²) in [6.45, 7) is 9.36. The van der Waals surface area contributed by atoms with Gasteiger partial charge in [0.1, 0.15) is 0 Å². The van der Waals surface area contributed by atoms with E-state index in [2.05, 4.69) is 5.32 Å². The Labute approximate surface area is 144 Å². The highest BCUT2D eigenvalue weighted by Crippen LogP contribution is 2.24. The molecule has 0 atom stereocenters. The van der Waals surface area contributed by atoms with Crippen LogP contribution in [0.15, 0.2) is 24.3 Å². The first-order valence-electron chi connectivity index (χ1n) is 8.64. The first-order chi connectivity index (χ1) is 11.3. The van der Waals surface area contributed by atoms with Gasteiger partial charge in [0, 0.05) is 19.1 Å². The van der Waals surface area contributed by atoms with Crippen molar-refractivity contribution in [1.82, 2.24) is 10.2 Å². The Bertz CT molecular complexity index is 573. The fourth-order valence-corrected chi connectivity index (χ4v) is 2.89. The second kappa shape index (κ2) is 7.69. The van der Waals surface area contributed by atoms with Gasteiger partial charge in [0.25, 0.3) is 0 Å². The number of amides is 2. The molecule has 5 heteroatoms. The van der Waals surface area contributed by atoms with E-state index < -0.39 is 5.41 Å². The van der Waals surface area contributed by atoms with Gasteiger partial charge in [-0.1, -0.05) is 29.8 Å². The lowest BCUT2D eigenvalue weighted by Crippen LogP contribution is -2.50. The van der Waals surface area contributed by atoms with Crippen LogP contribution in [0.1, 0.15) is 44.7 Å². The van der Waals surface area contributed by atoms with Crippen molar-refractivity contribution in [3.63, 3.8) is 0 Å². The van der Waals surface area contributed by atoms with Gasteiger partial charge in [-0.15, -0.1) is 0 Å². The second-order valence-electron chi connectivity index (χ2n) is 6.92. The molecule has 0 unspecified atom stereocenters. The molecule has 0 spiro atoms. The highest BCUT2D eigenvalue weighted by atomic mass is 16.6. The zero-order valence-corrected chi connectivity index (χ0v) is 15.1. The number of piperidine rings is 1. The molecule has 5 nitrogen and oxygen atoms in total. The summed E-state index contributed by atoms with van der Waals surface area (Å²) in [6.07, 6.45) is 1.26. The molecule has 1 aromatic carbocycles. The van der Waals surface area contributed by atoms with Crippen LogP contribution in [0.3, 0.4) is 0 Å². The molecule has 132 valence electrons. The molecule has 2 amide bonds. The average Bonchev–Trinajstić information content (AvgIpc) is 2.56. The summed E-state index contributed by atoms with van der Waals surface area (Å²) in [7, 11) is 0. The number of carbonyl (C=O) groups excluding carboxylic acids is 2. The summed E-state index contributed by atoms with van der Waals surface area (Å²) in [5.74, 6) is 0.0286. The minimum Gasteiger partial charge on any atom is -0.450 e. The Morgan fingerprint density at radius 1 is 1.21 bits per heavy atom. The first kappa shape index (κ1) is 18.3. The van der Waals surface area contributed by atoms with E-state index in [1.54, 1.807) is 11.8 Å². The predicted octanol–water partition coefficient (Wildman–Crippen LogP) is 3.01. The molecule has 1 heterocycles. The molecule has 1 aromatic rings. The van der Waals surface area contributed by atoms with Crippen LogP contribution in [0, 0.1) is 6.92 Å². The van der Waals surface area contributed by atoms with Crippen molar-refractivity contribution in [2.75, 3.05) is 19.7 Å². The van der Waals surface area contributed by atoms with E-state index in [1.165, 1.54) is 5.56 Å². The van der Waals surface area contributed by atoms with E-state index >= 15 is 0 Å². The third kappa shape index (κ3) is 4.28. The minimum atomic E-state index is -0.577. The Hall–Kier alpha value is -2.04. The molecule has 1 N–H and O–H groups in total. The molecule has 0 aliphatic carbocycles. The van der Waals surface area contributed by atoms with Crippen LogP contribution in [-0.2, 0) is 14.9 Å². The number of aryl methyl sites for hydroxylation is 1. The monoisotopic (exact) mass is 332 g/mol. The van der Waals surface area contributed by atoms with Crippen molar-refractivity contribution in [1.29, 1.82) is 0 Å². The van der Waals surface area contributed by atoms with Crippen molar-refractivity contribution in [3.05, 3.63) is 35.4 Å². The number of nitrogens with one attached hydrogen (secondary N) is 1. The molecular weight excluding hydrogens is 304 g/mol. The summed E-state index contributed by atoms with van der Waals surface area (Å²) >= 11 is 0. The largest absolute Gasteiger partial charge is 0.450 e. The molecule has 2 rings (SSSR count). The Kier molecular flexibility index (Phi) is 5.86. The predicted molar refractivity (Wildman–Crippen MR) is 94.0 cm³/mol. The van der Waals surface area contributed by atoms with Crippen molar-refractivity contribution >= 4 is 12.0 Å². The number of carbonyl (C=O) groups is 2. The van der Waals surface area contributed by atoms with Gasteiger partial charge < -0.3 is 15.0 Å². The molecule has 24 heavy (non-hydrogen) atoms. The first-order valence-corrected chi connectivity index (χ1v) is 8.64. The maximum absolute atomic E-state index is 12.7. The van der Waals surface area contributed by atoms with E-state index in [0.717, 1.165) is 18.4 Å². The maximum atomic E-state index is 12.7. The number of ether oxygens (including phenoxy) is 1. The molecule has 0 bridgehead atoms. The molecule has 1 saturated heterocycles. The molecule has 1 fully saturated rings. The second-order valence-corrected chi connectivity index (χ2v) is 6.92.